The lowest BCUT2D eigenvalue weighted by molar-refractivity contribution is -0.121. The Kier molecular flexibility index (Phi) is 3.79. The number of nitrogens with zero attached hydrogens (tertiary/aromatic N) is 2. The minimum Gasteiger partial charge on any atom is -0.347 e. The lowest BCUT2D eigenvalue weighted by atomic mass is 9.97. The Morgan fingerprint density at radius 2 is 1.68 bits per heavy atom. The van der Waals surface area contributed by atoms with E-state index in [0.717, 1.165) is 33.8 Å². The van der Waals surface area contributed by atoms with Crippen LogP contribution in [0.3, 0.4) is 0 Å². The van der Waals surface area contributed by atoms with Gasteiger partial charge in [-0.3, -0.25) is 9.59 Å². The maximum absolute atomic E-state index is 13.3. The average Bonchev–Trinajstić information content (AvgIpc) is 3.24. The zero-order chi connectivity index (χ0) is 19.3. The maximum Gasteiger partial charge on any atom is 0.241 e. The molecule has 1 atom stereocenters. The molecule has 0 spiro atoms. The fraction of sp³-hybridized carbons (Fsp3) is 0.167. The molecule has 138 valence electrons. The fourth-order valence-corrected chi connectivity index (χ4v) is 4.28. The zero-order valence-corrected chi connectivity index (χ0v) is 15.6. The van der Waals surface area contributed by atoms with Gasteiger partial charge in [0.25, 0.3) is 0 Å². The molecule has 0 saturated carbocycles. The molecule has 3 aromatic carbocycles. The van der Waals surface area contributed by atoms with Crippen molar-refractivity contribution in [2.45, 2.75) is 25.8 Å². The Morgan fingerprint density at radius 1 is 0.929 bits per heavy atom. The van der Waals surface area contributed by atoms with Crippen LogP contribution in [0.5, 0.6) is 0 Å². The van der Waals surface area contributed by atoms with Crippen LogP contribution in [-0.2, 0) is 16.1 Å². The molecule has 0 unspecified atom stereocenters. The van der Waals surface area contributed by atoms with Crippen LogP contribution in [0.25, 0.3) is 21.7 Å². The van der Waals surface area contributed by atoms with E-state index in [9.17, 15) is 9.59 Å². The predicted octanol–water partition coefficient (Wildman–Crippen LogP) is 4.86. The molecule has 2 amide bonds. The Bertz CT molecular complexity index is 1240. The van der Waals surface area contributed by atoms with Crippen LogP contribution >= 0.6 is 0 Å². The Hall–Kier alpha value is -3.40. The molecule has 1 fully saturated rings. The van der Waals surface area contributed by atoms with Crippen molar-refractivity contribution in [1.82, 2.24) is 4.57 Å². The fourth-order valence-electron chi connectivity index (χ4n) is 4.28. The normalized spacial score (nSPS) is 17.2. The van der Waals surface area contributed by atoms with Crippen molar-refractivity contribution in [2.75, 3.05) is 4.90 Å². The summed E-state index contributed by atoms with van der Waals surface area (Å²) in [6.07, 6.45) is 2.24. The summed E-state index contributed by atoms with van der Waals surface area (Å²) in [5.41, 5.74) is 2.69. The maximum atomic E-state index is 13.3. The third-order valence-electron chi connectivity index (χ3n) is 5.67. The Labute approximate surface area is 163 Å². The van der Waals surface area contributed by atoms with Crippen LogP contribution in [0.2, 0.25) is 0 Å². The van der Waals surface area contributed by atoms with E-state index in [2.05, 4.69) is 17.6 Å². The van der Waals surface area contributed by atoms with Crippen molar-refractivity contribution in [2.24, 2.45) is 0 Å². The van der Waals surface area contributed by atoms with Crippen molar-refractivity contribution in [3.63, 3.8) is 0 Å². The summed E-state index contributed by atoms with van der Waals surface area (Å²) >= 11 is 0. The molecule has 4 heteroatoms. The topological polar surface area (TPSA) is 42.3 Å². The summed E-state index contributed by atoms with van der Waals surface area (Å²) in [6.45, 7) is 2.91. The lowest BCUT2D eigenvalue weighted by Gasteiger charge is -2.15. The highest BCUT2D eigenvalue weighted by Gasteiger charge is 2.41. The van der Waals surface area contributed by atoms with Gasteiger partial charge in [-0.1, -0.05) is 48.5 Å². The van der Waals surface area contributed by atoms with E-state index < -0.39 is 5.92 Å². The van der Waals surface area contributed by atoms with E-state index >= 15 is 0 Å². The summed E-state index contributed by atoms with van der Waals surface area (Å²) in [7, 11) is 0. The van der Waals surface area contributed by atoms with Gasteiger partial charge in [-0.05, 0) is 41.5 Å². The van der Waals surface area contributed by atoms with Crippen molar-refractivity contribution in [3.8, 4) is 0 Å². The lowest BCUT2D eigenvalue weighted by Crippen LogP contribution is -2.29. The Morgan fingerprint density at radius 3 is 2.50 bits per heavy atom. The van der Waals surface area contributed by atoms with Gasteiger partial charge in [0.05, 0.1) is 11.6 Å². The highest BCUT2D eigenvalue weighted by Crippen LogP contribution is 2.38. The standard InChI is InChI=1S/C24H20N2O2/c1-2-25-15-21(19-9-5-6-10-22(19)25)20-14-23(27)26(24(20)28)18-12-11-16-7-3-4-8-17(16)13-18/h3-13,15,20H,2,14H2,1H3/t20-/m1/s1. The summed E-state index contributed by atoms with van der Waals surface area (Å²) in [5.74, 6) is -0.713. The number of imide groups is 1. The zero-order valence-electron chi connectivity index (χ0n) is 15.6. The third-order valence-corrected chi connectivity index (χ3v) is 5.67. The summed E-state index contributed by atoms with van der Waals surface area (Å²) in [4.78, 5) is 27.5. The van der Waals surface area contributed by atoms with E-state index in [0.29, 0.717) is 5.69 Å². The number of amides is 2. The quantitative estimate of drug-likeness (QED) is 0.485. The van der Waals surface area contributed by atoms with E-state index in [-0.39, 0.29) is 18.2 Å². The van der Waals surface area contributed by atoms with Crippen LogP contribution in [0, 0.1) is 0 Å². The average molecular weight is 368 g/mol. The van der Waals surface area contributed by atoms with Gasteiger partial charge < -0.3 is 4.57 Å². The van der Waals surface area contributed by atoms with Gasteiger partial charge in [-0.15, -0.1) is 0 Å². The predicted molar refractivity (Wildman–Crippen MR) is 111 cm³/mol. The van der Waals surface area contributed by atoms with Gasteiger partial charge in [0.2, 0.25) is 11.8 Å². The molecule has 1 aliphatic rings. The highest BCUT2D eigenvalue weighted by atomic mass is 16.2. The van der Waals surface area contributed by atoms with Gasteiger partial charge in [-0.2, -0.15) is 0 Å². The molecule has 1 aliphatic heterocycles. The first kappa shape index (κ1) is 16.8. The minimum absolute atomic E-state index is 0.140. The molecule has 1 saturated heterocycles. The van der Waals surface area contributed by atoms with Gasteiger partial charge >= 0.3 is 0 Å². The third kappa shape index (κ3) is 2.45. The Balaban J connectivity index is 1.58. The van der Waals surface area contributed by atoms with Crippen molar-refractivity contribution in [3.05, 3.63) is 78.5 Å². The van der Waals surface area contributed by atoms with Crippen molar-refractivity contribution >= 4 is 39.2 Å². The molecule has 5 rings (SSSR count). The number of hydrogen-bond donors (Lipinski definition) is 0. The number of anilines is 1. The number of aryl methyl sites for hydroxylation is 1. The number of hydrogen-bond acceptors (Lipinski definition) is 2. The molecule has 0 radical (unpaired) electrons. The van der Waals surface area contributed by atoms with Gasteiger partial charge in [0.1, 0.15) is 0 Å². The molecule has 0 bridgehead atoms. The second-order valence-corrected chi connectivity index (χ2v) is 7.24. The molecular weight excluding hydrogens is 348 g/mol. The van der Waals surface area contributed by atoms with Crippen molar-refractivity contribution < 1.29 is 9.59 Å². The minimum atomic E-state index is -0.434. The number of rotatable bonds is 3. The highest BCUT2D eigenvalue weighted by molar-refractivity contribution is 6.23. The van der Waals surface area contributed by atoms with E-state index in [1.807, 2.05) is 66.9 Å². The number of para-hydroxylation sites is 1. The number of carbonyl (C=O) groups excluding carboxylic acids is 2. The number of fused-ring (bicyclic) bond motifs is 2. The molecule has 2 heterocycles. The van der Waals surface area contributed by atoms with Gasteiger partial charge in [-0.25, -0.2) is 4.90 Å². The van der Waals surface area contributed by atoms with Crippen LogP contribution < -0.4 is 4.90 Å². The van der Waals surface area contributed by atoms with Gasteiger partial charge in [0, 0.05) is 30.1 Å². The summed E-state index contributed by atoms with van der Waals surface area (Å²) in [6, 6.07) is 21.8. The molecule has 4 nitrogen and oxygen atoms in total. The van der Waals surface area contributed by atoms with Crippen LogP contribution in [0.15, 0.2) is 72.9 Å². The number of benzene rings is 3. The van der Waals surface area contributed by atoms with E-state index in [1.165, 1.54) is 4.90 Å². The first-order chi connectivity index (χ1) is 13.7. The van der Waals surface area contributed by atoms with Crippen LogP contribution in [0.4, 0.5) is 5.69 Å². The SMILES string of the molecule is CCn1cc([C@H]2CC(=O)N(c3ccc4ccccc4c3)C2=O)c2ccccc21. The molecular formula is C24H20N2O2. The first-order valence-electron chi connectivity index (χ1n) is 9.60. The second-order valence-electron chi connectivity index (χ2n) is 7.24. The number of carbonyl (C=O) groups is 2. The summed E-state index contributed by atoms with van der Waals surface area (Å²) in [5, 5.41) is 3.16. The molecule has 0 N–H and O–H groups in total. The molecule has 1 aromatic heterocycles. The van der Waals surface area contributed by atoms with Crippen LogP contribution in [0.1, 0.15) is 24.8 Å². The second kappa shape index (κ2) is 6.34. The summed E-state index contributed by atoms with van der Waals surface area (Å²) < 4.78 is 2.14. The molecule has 28 heavy (non-hydrogen) atoms. The molecule has 0 aliphatic carbocycles. The molecule has 4 aromatic rings. The number of aromatic nitrogens is 1. The largest absolute Gasteiger partial charge is 0.347 e. The smallest absolute Gasteiger partial charge is 0.241 e. The van der Waals surface area contributed by atoms with E-state index in [1.54, 1.807) is 0 Å². The monoisotopic (exact) mass is 368 g/mol. The van der Waals surface area contributed by atoms with Crippen LogP contribution in [-0.4, -0.2) is 16.4 Å². The first-order valence-corrected chi connectivity index (χ1v) is 9.60. The van der Waals surface area contributed by atoms with Gasteiger partial charge in [0.15, 0.2) is 0 Å². The van der Waals surface area contributed by atoms with Crippen molar-refractivity contribution in [1.29, 1.82) is 0 Å². The van der Waals surface area contributed by atoms with E-state index in [4.69, 9.17) is 0 Å².